The maximum absolute atomic E-state index is 6.36. The van der Waals surface area contributed by atoms with E-state index in [0.29, 0.717) is 12.2 Å². The molecule has 0 spiro atoms. The highest BCUT2D eigenvalue weighted by Gasteiger charge is 2.45. The minimum absolute atomic E-state index is 0.0630. The Morgan fingerprint density at radius 1 is 0.680 bits per heavy atom. The lowest BCUT2D eigenvalue weighted by atomic mass is 9.78. The van der Waals surface area contributed by atoms with Gasteiger partial charge in [-0.1, -0.05) is 41.5 Å². The van der Waals surface area contributed by atoms with Crippen molar-refractivity contribution in [3.05, 3.63) is 0 Å². The van der Waals surface area contributed by atoms with Gasteiger partial charge in [0.15, 0.2) is 0 Å². The van der Waals surface area contributed by atoms with Crippen LogP contribution >= 0.6 is 0 Å². The third-order valence-electron chi connectivity index (χ3n) is 6.04. The van der Waals surface area contributed by atoms with Crippen molar-refractivity contribution < 1.29 is 9.47 Å². The number of rotatable bonds is 16. The Morgan fingerprint density at radius 3 is 1.20 bits per heavy atom. The zero-order valence-electron chi connectivity index (χ0n) is 18.5. The topological polar surface area (TPSA) is 30.5 Å². The van der Waals surface area contributed by atoms with Crippen LogP contribution in [0.25, 0.3) is 0 Å². The van der Waals surface area contributed by atoms with Crippen LogP contribution in [0.1, 0.15) is 80.1 Å². The van der Waals surface area contributed by atoms with Crippen LogP contribution < -0.4 is 5.32 Å². The maximum atomic E-state index is 6.36. The zero-order chi connectivity index (χ0) is 19.3. The van der Waals surface area contributed by atoms with Crippen LogP contribution in [0.2, 0.25) is 12.1 Å². The molecule has 0 aromatic heterocycles. The molecule has 0 aromatic carbocycles. The minimum Gasteiger partial charge on any atom is -0.377 e. The average Bonchev–Trinajstić information content (AvgIpc) is 2.66. The first kappa shape index (κ1) is 25.3. The van der Waals surface area contributed by atoms with Crippen molar-refractivity contribution >= 4 is 20.5 Å². The van der Waals surface area contributed by atoms with Crippen LogP contribution in [0.3, 0.4) is 0 Å². The van der Waals surface area contributed by atoms with Gasteiger partial charge in [0, 0.05) is 44.8 Å². The Labute approximate surface area is 164 Å². The Morgan fingerprint density at radius 2 is 1.00 bits per heavy atom. The first-order valence-corrected chi connectivity index (χ1v) is 13.8. The Kier molecular flexibility index (Phi) is 13.6. The normalized spacial score (nSPS) is 15.6. The van der Waals surface area contributed by atoms with Crippen LogP contribution in [0.15, 0.2) is 0 Å². The SMILES string of the molecule is CCCOC(C[SiH3])C(CC)(CC)NC(CC)(CC)C(C[SiH3])OCCC. The van der Waals surface area contributed by atoms with Crippen molar-refractivity contribution in [2.75, 3.05) is 13.2 Å². The zero-order valence-corrected chi connectivity index (χ0v) is 22.5. The summed E-state index contributed by atoms with van der Waals surface area (Å²) in [5.41, 5.74) is 0.126. The van der Waals surface area contributed by atoms with Crippen molar-refractivity contribution in [2.24, 2.45) is 0 Å². The van der Waals surface area contributed by atoms with E-state index in [4.69, 9.17) is 9.47 Å². The Bertz CT molecular complexity index is 291. The molecule has 0 rings (SSSR count). The summed E-state index contributed by atoms with van der Waals surface area (Å²) in [5, 5.41) is 4.19. The predicted molar refractivity (Wildman–Crippen MR) is 119 cm³/mol. The van der Waals surface area contributed by atoms with Crippen LogP contribution in [0, 0.1) is 0 Å². The highest BCUT2D eigenvalue weighted by molar-refractivity contribution is 6.09. The molecule has 0 saturated carbocycles. The van der Waals surface area contributed by atoms with Crippen molar-refractivity contribution in [1.82, 2.24) is 5.32 Å². The van der Waals surface area contributed by atoms with E-state index in [0.717, 1.165) is 51.7 Å². The first-order valence-electron chi connectivity index (χ1n) is 11.0. The van der Waals surface area contributed by atoms with Gasteiger partial charge in [0.05, 0.1) is 12.2 Å². The third kappa shape index (κ3) is 6.76. The minimum atomic E-state index is 0.0630. The van der Waals surface area contributed by atoms with E-state index in [2.05, 4.69) is 46.9 Å². The van der Waals surface area contributed by atoms with Crippen LogP contribution in [-0.2, 0) is 9.47 Å². The van der Waals surface area contributed by atoms with Gasteiger partial charge in [-0.05, 0) is 50.6 Å². The molecule has 0 heterocycles. The van der Waals surface area contributed by atoms with Gasteiger partial charge in [-0.25, -0.2) is 0 Å². The van der Waals surface area contributed by atoms with E-state index >= 15 is 0 Å². The second kappa shape index (κ2) is 13.5. The molecule has 0 fully saturated rings. The highest BCUT2D eigenvalue weighted by atomic mass is 28.1. The summed E-state index contributed by atoms with van der Waals surface area (Å²) in [6, 6.07) is 2.39. The van der Waals surface area contributed by atoms with E-state index in [1.54, 1.807) is 0 Å². The van der Waals surface area contributed by atoms with Crippen LogP contribution in [-0.4, -0.2) is 57.0 Å². The Hall–Kier alpha value is 0.314. The van der Waals surface area contributed by atoms with Gasteiger partial charge in [-0.2, -0.15) is 0 Å². The second-order valence-corrected chi connectivity index (χ2v) is 9.02. The predicted octanol–water partition coefficient (Wildman–Crippen LogP) is 2.85. The van der Waals surface area contributed by atoms with Crippen molar-refractivity contribution in [1.29, 1.82) is 0 Å². The monoisotopic (exact) mass is 389 g/mol. The molecule has 0 amide bonds. The summed E-state index contributed by atoms with van der Waals surface area (Å²) in [6.07, 6.45) is 7.30. The van der Waals surface area contributed by atoms with Gasteiger partial charge in [0.1, 0.15) is 0 Å². The van der Waals surface area contributed by atoms with Crippen molar-refractivity contribution in [3.63, 3.8) is 0 Å². The van der Waals surface area contributed by atoms with Gasteiger partial charge in [-0.3, -0.25) is 0 Å². The lowest BCUT2D eigenvalue weighted by Crippen LogP contribution is -2.67. The molecule has 25 heavy (non-hydrogen) atoms. The van der Waals surface area contributed by atoms with Gasteiger partial charge in [0.25, 0.3) is 0 Å². The molecule has 2 atom stereocenters. The van der Waals surface area contributed by atoms with E-state index in [1.165, 1.54) is 32.6 Å². The molecule has 0 aliphatic carbocycles. The highest BCUT2D eigenvalue weighted by Crippen LogP contribution is 2.34. The molecule has 0 saturated heterocycles. The van der Waals surface area contributed by atoms with Crippen molar-refractivity contribution in [2.45, 2.75) is 115 Å². The smallest absolute Gasteiger partial charge is 0.0725 e. The van der Waals surface area contributed by atoms with Crippen LogP contribution in [0.5, 0.6) is 0 Å². The molecule has 0 aliphatic heterocycles. The molecule has 1 N–H and O–H groups in total. The fraction of sp³-hybridized carbons (Fsp3) is 1.00. The number of nitrogens with one attached hydrogen (secondary N) is 1. The van der Waals surface area contributed by atoms with Gasteiger partial charge >= 0.3 is 0 Å². The summed E-state index contributed by atoms with van der Waals surface area (Å²) in [7, 11) is 2.37. The summed E-state index contributed by atoms with van der Waals surface area (Å²) in [5.74, 6) is 0. The molecule has 0 bridgehead atoms. The summed E-state index contributed by atoms with van der Waals surface area (Å²) >= 11 is 0. The average molecular weight is 390 g/mol. The molecule has 0 radical (unpaired) electrons. The van der Waals surface area contributed by atoms with E-state index in [9.17, 15) is 0 Å². The van der Waals surface area contributed by atoms with Gasteiger partial charge < -0.3 is 14.8 Å². The molecule has 0 aromatic rings. The lowest BCUT2D eigenvalue weighted by molar-refractivity contribution is -0.0609. The van der Waals surface area contributed by atoms with Crippen molar-refractivity contribution in [3.8, 4) is 0 Å². The number of hydrogen-bond donors (Lipinski definition) is 1. The van der Waals surface area contributed by atoms with Gasteiger partial charge in [0.2, 0.25) is 0 Å². The quantitative estimate of drug-likeness (QED) is 0.412. The third-order valence-corrected chi connectivity index (χ3v) is 7.53. The fourth-order valence-electron chi connectivity index (χ4n) is 4.28. The number of ether oxygens (including phenoxy) is 2. The first-order chi connectivity index (χ1) is 12.0. The summed E-state index contributed by atoms with van der Waals surface area (Å²) in [6.45, 7) is 15.5. The largest absolute Gasteiger partial charge is 0.377 e. The van der Waals surface area contributed by atoms with E-state index in [1.807, 2.05) is 0 Å². The van der Waals surface area contributed by atoms with Gasteiger partial charge in [-0.15, -0.1) is 0 Å². The molecular formula is C20H47NO2Si2. The molecule has 5 heteroatoms. The van der Waals surface area contributed by atoms with E-state index in [-0.39, 0.29) is 11.1 Å². The molecule has 0 aliphatic rings. The standard InChI is InChI=1S/C20H47NO2Si2/c1-7-13-22-17(15-24)19(9-3,10-4)21-20(11-5,12-6)18(16-25)23-14-8-2/h17-18,21H,7-16H2,1-6,24-25H3. The number of hydrogen-bond acceptors (Lipinski definition) is 3. The molecular weight excluding hydrogens is 342 g/mol. The molecule has 152 valence electrons. The molecule has 2 unspecified atom stereocenters. The Balaban J connectivity index is 5.67. The summed E-state index contributed by atoms with van der Waals surface area (Å²) in [4.78, 5) is 0. The van der Waals surface area contributed by atoms with E-state index < -0.39 is 0 Å². The lowest BCUT2D eigenvalue weighted by Gasteiger charge is -2.50. The second-order valence-electron chi connectivity index (χ2n) is 7.39. The fourth-order valence-corrected chi connectivity index (χ4v) is 6.31. The maximum Gasteiger partial charge on any atom is 0.0725 e. The molecule has 3 nitrogen and oxygen atoms in total. The summed E-state index contributed by atoms with van der Waals surface area (Å²) < 4.78 is 12.7. The van der Waals surface area contributed by atoms with Crippen LogP contribution in [0.4, 0.5) is 0 Å².